The summed E-state index contributed by atoms with van der Waals surface area (Å²) in [4.78, 5) is 20.5. The number of methoxy groups -OCH3 is 1. The summed E-state index contributed by atoms with van der Waals surface area (Å²) in [7, 11) is 1.62. The second-order valence-corrected chi connectivity index (χ2v) is 5.63. The lowest BCUT2D eigenvalue weighted by molar-refractivity contribution is 0.245. The van der Waals surface area contributed by atoms with Gasteiger partial charge in [-0.3, -0.25) is 5.32 Å². The maximum atomic E-state index is 12.1. The fourth-order valence-electron chi connectivity index (χ4n) is 2.74. The number of carbonyl (C=O) groups is 1. The third-order valence-corrected chi connectivity index (χ3v) is 3.92. The molecule has 3 N–H and O–H groups in total. The molecule has 25 heavy (non-hydrogen) atoms. The number of nitrogens with one attached hydrogen (secondary N) is 3. The summed E-state index contributed by atoms with van der Waals surface area (Å²) in [5, 5.41) is 8.98. The van der Waals surface area contributed by atoms with Crippen molar-refractivity contribution in [3.05, 3.63) is 36.7 Å². The number of para-hydroxylation sites is 1. The van der Waals surface area contributed by atoms with E-state index < -0.39 is 0 Å². The minimum atomic E-state index is -0.256. The van der Waals surface area contributed by atoms with Crippen molar-refractivity contribution in [3.8, 4) is 17.0 Å². The Morgan fingerprint density at radius 2 is 2.16 bits per heavy atom. The van der Waals surface area contributed by atoms with Crippen LogP contribution in [0.25, 0.3) is 11.3 Å². The number of urea groups is 1. The van der Waals surface area contributed by atoms with E-state index in [1.165, 1.54) is 6.33 Å². The third-order valence-electron chi connectivity index (χ3n) is 3.92. The van der Waals surface area contributed by atoms with Gasteiger partial charge in [-0.1, -0.05) is 12.1 Å². The number of benzene rings is 1. The molecular formula is C17H22ClN5O2. The van der Waals surface area contributed by atoms with Crippen LogP contribution in [0.15, 0.2) is 36.7 Å². The smallest absolute Gasteiger partial charge is 0.320 e. The fraction of sp³-hybridized carbons (Fsp3) is 0.353. The normalized spacial score (nSPS) is 16.4. The summed E-state index contributed by atoms with van der Waals surface area (Å²) in [6.07, 6.45) is 3.48. The Hall–Kier alpha value is -2.38. The Bertz CT molecular complexity index is 707. The zero-order valence-corrected chi connectivity index (χ0v) is 14.8. The average molecular weight is 364 g/mol. The Morgan fingerprint density at radius 1 is 1.32 bits per heavy atom. The van der Waals surface area contributed by atoms with Crippen molar-refractivity contribution >= 4 is 24.3 Å². The van der Waals surface area contributed by atoms with Crippen LogP contribution in [-0.2, 0) is 0 Å². The van der Waals surface area contributed by atoms with E-state index >= 15 is 0 Å². The molecule has 1 unspecified atom stereocenters. The van der Waals surface area contributed by atoms with E-state index in [4.69, 9.17) is 4.74 Å². The number of amides is 2. The van der Waals surface area contributed by atoms with Crippen molar-refractivity contribution in [2.24, 2.45) is 0 Å². The summed E-state index contributed by atoms with van der Waals surface area (Å²) >= 11 is 0. The maximum Gasteiger partial charge on any atom is 0.320 e. The molecule has 1 aliphatic heterocycles. The van der Waals surface area contributed by atoms with E-state index in [0.717, 1.165) is 37.2 Å². The highest BCUT2D eigenvalue weighted by Crippen LogP contribution is 2.28. The zero-order chi connectivity index (χ0) is 16.8. The molecule has 2 amide bonds. The zero-order valence-electron chi connectivity index (χ0n) is 14.0. The van der Waals surface area contributed by atoms with Crippen LogP contribution in [0.1, 0.15) is 12.8 Å². The molecule has 1 aromatic heterocycles. The molecule has 1 fully saturated rings. The van der Waals surface area contributed by atoms with Crippen molar-refractivity contribution in [3.63, 3.8) is 0 Å². The summed E-state index contributed by atoms with van der Waals surface area (Å²) in [5.41, 5.74) is 1.54. The summed E-state index contributed by atoms with van der Waals surface area (Å²) in [6, 6.07) is 9.22. The quantitative estimate of drug-likeness (QED) is 0.776. The Labute approximate surface area is 153 Å². The predicted octanol–water partition coefficient (Wildman–Crippen LogP) is 2.45. The first-order valence-electron chi connectivity index (χ1n) is 8.00. The standard InChI is InChI=1S/C17H21N5O2.ClH/c1-24-15-7-3-2-6-13(15)14-9-16(20-11-19-14)22-17(23)21-12-5-4-8-18-10-12;/h2-3,6-7,9,11-12,18H,4-5,8,10H2,1H3,(H2,19,20,21,22,23);1H. The highest BCUT2D eigenvalue weighted by Gasteiger charge is 2.16. The maximum absolute atomic E-state index is 12.1. The van der Waals surface area contributed by atoms with Crippen LogP contribution in [0.3, 0.4) is 0 Å². The molecule has 3 rings (SSSR count). The fourth-order valence-corrected chi connectivity index (χ4v) is 2.74. The molecule has 0 radical (unpaired) electrons. The number of ether oxygens (including phenoxy) is 1. The first-order chi connectivity index (χ1) is 11.8. The van der Waals surface area contributed by atoms with Gasteiger partial charge in [-0.15, -0.1) is 12.4 Å². The topological polar surface area (TPSA) is 88.2 Å². The Balaban J connectivity index is 0.00000225. The van der Waals surface area contributed by atoms with Gasteiger partial charge in [0, 0.05) is 24.2 Å². The highest BCUT2D eigenvalue weighted by atomic mass is 35.5. The number of nitrogens with zero attached hydrogens (tertiary/aromatic N) is 2. The molecule has 1 aromatic carbocycles. The highest BCUT2D eigenvalue weighted by molar-refractivity contribution is 5.89. The lowest BCUT2D eigenvalue weighted by Gasteiger charge is -2.23. The molecule has 0 aliphatic carbocycles. The number of carbonyl (C=O) groups excluding carboxylic acids is 1. The number of anilines is 1. The van der Waals surface area contributed by atoms with Crippen molar-refractivity contribution in [1.82, 2.24) is 20.6 Å². The minimum Gasteiger partial charge on any atom is -0.496 e. The van der Waals surface area contributed by atoms with Crippen LogP contribution in [0, 0.1) is 0 Å². The molecule has 1 atom stereocenters. The molecule has 8 heteroatoms. The Kier molecular flexibility index (Phi) is 6.97. The lowest BCUT2D eigenvalue weighted by atomic mass is 10.1. The van der Waals surface area contributed by atoms with E-state index in [1.807, 2.05) is 24.3 Å². The monoisotopic (exact) mass is 363 g/mol. The van der Waals surface area contributed by atoms with Gasteiger partial charge < -0.3 is 15.4 Å². The minimum absolute atomic E-state index is 0. The lowest BCUT2D eigenvalue weighted by Crippen LogP contribution is -2.47. The largest absolute Gasteiger partial charge is 0.496 e. The molecule has 7 nitrogen and oxygen atoms in total. The molecule has 2 heterocycles. The van der Waals surface area contributed by atoms with Gasteiger partial charge in [0.1, 0.15) is 17.9 Å². The number of hydrogen-bond donors (Lipinski definition) is 3. The van der Waals surface area contributed by atoms with E-state index in [9.17, 15) is 4.79 Å². The predicted molar refractivity (Wildman–Crippen MR) is 99.3 cm³/mol. The number of piperidine rings is 1. The molecule has 1 saturated heterocycles. The van der Waals surface area contributed by atoms with Gasteiger partial charge in [-0.05, 0) is 31.5 Å². The SMILES string of the molecule is COc1ccccc1-c1cc(NC(=O)NC2CCCNC2)ncn1.Cl. The first kappa shape index (κ1) is 19.0. The summed E-state index contributed by atoms with van der Waals surface area (Å²) < 4.78 is 5.35. The number of halogens is 1. The third kappa shape index (κ3) is 5.04. The van der Waals surface area contributed by atoms with Crippen molar-refractivity contribution in [2.75, 3.05) is 25.5 Å². The van der Waals surface area contributed by atoms with Gasteiger partial charge in [0.25, 0.3) is 0 Å². The molecule has 0 spiro atoms. The molecule has 134 valence electrons. The second kappa shape index (κ2) is 9.19. The van der Waals surface area contributed by atoms with Gasteiger partial charge in [-0.2, -0.15) is 0 Å². The second-order valence-electron chi connectivity index (χ2n) is 5.63. The Morgan fingerprint density at radius 3 is 2.92 bits per heavy atom. The van der Waals surface area contributed by atoms with Crippen molar-refractivity contribution in [2.45, 2.75) is 18.9 Å². The summed E-state index contributed by atoms with van der Waals surface area (Å²) in [5.74, 6) is 1.17. The van der Waals surface area contributed by atoms with Crippen LogP contribution < -0.4 is 20.7 Å². The molecular weight excluding hydrogens is 342 g/mol. The van der Waals surface area contributed by atoms with Gasteiger partial charge in [0.2, 0.25) is 0 Å². The van der Waals surface area contributed by atoms with Gasteiger partial charge >= 0.3 is 6.03 Å². The molecule has 2 aromatic rings. The van der Waals surface area contributed by atoms with Crippen LogP contribution in [0.4, 0.5) is 10.6 Å². The van der Waals surface area contributed by atoms with Gasteiger partial charge in [-0.25, -0.2) is 14.8 Å². The first-order valence-corrected chi connectivity index (χ1v) is 8.00. The number of aromatic nitrogens is 2. The van der Waals surface area contributed by atoms with Crippen LogP contribution in [0.2, 0.25) is 0 Å². The van der Waals surface area contributed by atoms with E-state index in [2.05, 4.69) is 25.9 Å². The van der Waals surface area contributed by atoms with Gasteiger partial charge in [0.15, 0.2) is 0 Å². The van der Waals surface area contributed by atoms with Crippen molar-refractivity contribution in [1.29, 1.82) is 0 Å². The average Bonchev–Trinajstić information content (AvgIpc) is 2.62. The van der Waals surface area contributed by atoms with Crippen molar-refractivity contribution < 1.29 is 9.53 Å². The summed E-state index contributed by atoms with van der Waals surface area (Å²) in [6.45, 7) is 1.80. The molecule has 1 aliphatic rings. The van der Waals surface area contributed by atoms with E-state index in [0.29, 0.717) is 11.5 Å². The van der Waals surface area contributed by atoms with Crippen LogP contribution in [0.5, 0.6) is 5.75 Å². The van der Waals surface area contributed by atoms with Crippen LogP contribution >= 0.6 is 12.4 Å². The number of hydrogen-bond acceptors (Lipinski definition) is 5. The molecule has 0 bridgehead atoms. The van der Waals surface area contributed by atoms with E-state index in [-0.39, 0.29) is 24.5 Å². The van der Waals surface area contributed by atoms with Gasteiger partial charge in [0.05, 0.1) is 12.8 Å². The van der Waals surface area contributed by atoms with E-state index in [1.54, 1.807) is 13.2 Å². The number of rotatable bonds is 4. The van der Waals surface area contributed by atoms with Crippen LogP contribution in [-0.4, -0.2) is 42.2 Å². The molecule has 0 saturated carbocycles.